The molecule has 8 heteroatoms. The molecule has 0 radical (unpaired) electrons. The zero-order valence-corrected chi connectivity index (χ0v) is 19.1. The minimum Gasteiger partial charge on any atom is -0.493 e. The first-order chi connectivity index (χ1) is 14.7. The zero-order chi connectivity index (χ0) is 20.3. The fourth-order valence-electron chi connectivity index (χ4n) is 4.75. The highest BCUT2D eigenvalue weighted by molar-refractivity contribution is 7.73. The van der Waals surface area contributed by atoms with Crippen LogP contribution in [-0.2, 0) is 19.6 Å². The molecule has 1 aromatic carbocycles. The molecule has 0 spiro atoms. The van der Waals surface area contributed by atoms with Gasteiger partial charge in [-0.3, -0.25) is 9.80 Å². The summed E-state index contributed by atoms with van der Waals surface area (Å²) in [5, 5.41) is 9.38. The summed E-state index contributed by atoms with van der Waals surface area (Å²) < 4.78 is 8.50. The van der Waals surface area contributed by atoms with Gasteiger partial charge in [-0.15, -0.1) is 5.10 Å². The van der Waals surface area contributed by atoms with Crippen LogP contribution in [0, 0.1) is 3.95 Å². The van der Waals surface area contributed by atoms with Crippen molar-refractivity contribution in [3.05, 3.63) is 33.3 Å². The van der Waals surface area contributed by atoms with E-state index in [2.05, 4.69) is 33.3 Å². The third kappa shape index (κ3) is 4.88. The summed E-state index contributed by atoms with van der Waals surface area (Å²) in [6.07, 6.45) is 7.58. The molecule has 30 heavy (non-hydrogen) atoms. The molecule has 3 heterocycles. The fourth-order valence-corrected chi connectivity index (χ4v) is 5.82. The van der Waals surface area contributed by atoms with Crippen molar-refractivity contribution < 1.29 is 4.74 Å². The first kappa shape index (κ1) is 20.4. The topological polar surface area (TPSA) is 45.6 Å². The molecule has 2 aromatic rings. The van der Waals surface area contributed by atoms with Crippen molar-refractivity contribution in [2.75, 3.05) is 38.1 Å². The molecule has 5 rings (SSSR count). The molecule has 6 nitrogen and oxygen atoms in total. The number of rotatable bonds is 6. The van der Waals surface area contributed by atoms with Gasteiger partial charge in [-0.25, -0.2) is 4.68 Å². The van der Waals surface area contributed by atoms with E-state index in [1.807, 2.05) is 4.68 Å². The van der Waals surface area contributed by atoms with E-state index < -0.39 is 0 Å². The van der Waals surface area contributed by atoms with E-state index in [9.17, 15) is 0 Å². The van der Waals surface area contributed by atoms with Crippen molar-refractivity contribution in [3.8, 4) is 5.75 Å². The fraction of sp³-hybridized carbons (Fsp3) is 0.636. The first-order valence-corrected chi connectivity index (χ1v) is 12.5. The molecule has 0 unspecified atom stereocenters. The van der Waals surface area contributed by atoms with E-state index >= 15 is 0 Å². The maximum atomic E-state index is 5.63. The van der Waals surface area contributed by atoms with Crippen LogP contribution in [-0.4, -0.2) is 58.4 Å². The summed E-state index contributed by atoms with van der Waals surface area (Å²) in [4.78, 5) is 5.01. The van der Waals surface area contributed by atoms with Gasteiger partial charge in [0.05, 0.1) is 13.3 Å². The Bertz CT molecular complexity index is 912. The lowest BCUT2D eigenvalue weighted by molar-refractivity contribution is 0.0985. The lowest BCUT2D eigenvalue weighted by Gasteiger charge is -2.34. The van der Waals surface area contributed by atoms with Crippen LogP contribution in [0.25, 0.3) is 0 Å². The smallest absolute Gasteiger partial charge is 0.204 e. The molecule has 2 fully saturated rings. The molecule has 0 atom stereocenters. The second-order valence-corrected chi connectivity index (χ2v) is 10.4. The number of piperazine rings is 1. The Hall–Kier alpha value is -1.48. The van der Waals surface area contributed by atoms with Gasteiger partial charge >= 0.3 is 0 Å². The molecule has 1 N–H and O–H groups in total. The van der Waals surface area contributed by atoms with Crippen LogP contribution in [0.5, 0.6) is 5.75 Å². The molecular weight excluding hydrogens is 414 g/mol. The van der Waals surface area contributed by atoms with E-state index in [4.69, 9.17) is 22.1 Å². The van der Waals surface area contributed by atoms with Crippen molar-refractivity contribution >= 4 is 28.7 Å². The highest BCUT2D eigenvalue weighted by Crippen LogP contribution is 2.27. The third-order valence-electron chi connectivity index (χ3n) is 6.50. The van der Waals surface area contributed by atoms with Gasteiger partial charge in [0, 0.05) is 45.2 Å². The Kier molecular flexibility index (Phi) is 6.36. The van der Waals surface area contributed by atoms with E-state index in [1.54, 1.807) is 11.3 Å². The monoisotopic (exact) mass is 445 g/mol. The molecule has 1 aromatic heterocycles. The highest BCUT2D eigenvalue weighted by Gasteiger charge is 2.20. The largest absolute Gasteiger partial charge is 0.493 e. The van der Waals surface area contributed by atoms with E-state index in [0.717, 1.165) is 67.3 Å². The van der Waals surface area contributed by atoms with Crippen molar-refractivity contribution in [2.24, 2.45) is 0 Å². The summed E-state index contributed by atoms with van der Waals surface area (Å²) in [5.74, 6) is 1.07. The van der Waals surface area contributed by atoms with Crippen LogP contribution in [0.15, 0.2) is 18.2 Å². The van der Waals surface area contributed by atoms with Crippen molar-refractivity contribution in [1.82, 2.24) is 19.6 Å². The van der Waals surface area contributed by atoms with Gasteiger partial charge in [-0.2, -0.15) is 0 Å². The number of nitrogens with zero attached hydrogens (tertiary/aromatic N) is 4. The zero-order valence-electron chi connectivity index (χ0n) is 17.5. The van der Waals surface area contributed by atoms with Crippen LogP contribution in [0.3, 0.4) is 0 Å². The molecule has 3 aliphatic rings. The highest BCUT2D eigenvalue weighted by atomic mass is 32.1. The second kappa shape index (κ2) is 9.34. The molecule has 162 valence electrons. The number of fused-ring (bicyclic) bond motifs is 1. The van der Waals surface area contributed by atoms with Crippen LogP contribution in [0.1, 0.15) is 43.2 Å². The quantitative estimate of drug-likeness (QED) is 0.675. The predicted octanol–water partition coefficient (Wildman–Crippen LogP) is 4.13. The summed E-state index contributed by atoms with van der Waals surface area (Å²) >= 11 is 7.21. The number of ether oxygens (including phenoxy) is 1. The van der Waals surface area contributed by atoms with Crippen LogP contribution < -0.4 is 10.1 Å². The van der Waals surface area contributed by atoms with E-state index in [0.29, 0.717) is 6.04 Å². The maximum absolute atomic E-state index is 5.63. The number of anilines is 1. The summed E-state index contributed by atoms with van der Waals surface area (Å²) in [6.45, 7) is 6.92. The van der Waals surface area contributed by atoms with Gasteiger partial charge in [0.2, 0.25) is 5.13 Å². The van der Waals surface area contributed by atoms with Crippen molar-refractivity contribution in [2.45, 2.75) is 57.8 Å². The minimum atomic E-state index is 0.571. The standard InChI is InChI=1S/C22H31N5OS2/c29-22-27(24-21(30-22)23-19-4-2-1-3-5-19)16-26-11-9-25(10-12-26)15-17-6-7-20-18(14-17)8-13-28-20/h6-7,14,19H,1-5,8-13,15-16H2,(H,23,24). The minimum absolute atomic E-state index is 0.571. The summed E-state index contributed by atoms with van der Waals surface area (Å²) in [5.41, 5.74) is 2.76. The normalized spacial score (nSPS) is 20.8. The first-order valence-electron chi connectivity index (χ1n) is 11.3. The number of hydrogen-bond donors (Lipinski definition) is 1. The van der Waals surface area contributed by atoms with Gasteiger partial charge in [0.15, 0.2) is 3.95 Å². The maximum Gasteiger partial charge on any atom is 0.204 e. The Morgan fingerprint density at radius 1 is 1.10 bits per heavy atom. The lowest BCUT2D eigenvalue weighted by atomic mass is 9.96. The number of benzene rings is 1. The Morgan fingerprint density at radius 2 is 1.90 bits per heavy atom. The van der Waals surface area contributed by atoms with Gasteiger partial charge in [0.1, 0.15) is 5.75 Å². The molecular formula is C22H31N5OS2. The Labute approximate surface area is 187 Å². The molecule has 1 aliphatic carbocycles. The third-order valence-corrected chi connectivity index (χ3v) is 7.74. The van der Waals surface area contributed by atoms with Crippen LogP contribution in [0.2, 0.25) is 0 Å². The Balaban J connectivity index is 1.11. The summed E-state index contributed by atoms with van der Waals surface area (Å²) in [7, 11) is 0. The van der Waals surface area contributed by atoms with Gasteiger partial charge < -0.3 is 10.1 Å². The number of aromatic nitrogens is 2. The number of hydrogen-bond acceptors (Lipinski definition) is 7. The van der Waals surface area contributed by atoms with Gasteiger partial charge in [0.25, 0.3) is 0 Å². The van der Waals surface area contributed by atoms with Crippen LogP contribution in [0.4, 0.5) is 5.13 Å². The van der Waals surface area contributed by atoms with Crippen molar-refractivity contribution in [1.29, 1.82) is 0 Å². The van der Waals surface area contributed by atoms with Gasteiger partial charge in [-0.1, -0.05) is 42.7 Å². The Morgan fingerprint density at radius 3 is 2.73 bits per heavy atom. The molecule has 0 bridgehead atoms. The lowest BCUT2D eigenvalue weighted by Crippen LogP contribution is -2.46. The molecule has 2 aliphatic heterocycles. The SMILES string of the molecule is S=c1sc(NC2CCCCC2)nn1CN1CCN(Cc2ccc3c(c2)CCO3)CC1. The second-order valence-electron chi connectivity index (χ2n) is 8.73. The molecule has 1 saturated carbocycles. The average Bonchev–Trinajstić information content (AvgIpc) is 3.36. The number of nitrogens with one attached hydrogen (secondary N) is 1. The van der Waals surface area contributed by atoms with Crippen molar-refractivity contribution in [3.63, 3.8) is 0 Å². The summed E-state index contributed by atoms with van der Waals surface area (Å²) in [6, 6.07) is 7.24. The molecule has 0 amide bonds. The van der Waals surface area contributed by atoms with E-state index in [1.165, 1.54) is 43.2 Å². The van der Waals surface area contributed by atoms with Crippen LogP contribution >= 0.6 is 23.6 Å². The van der Waals surface area contributed by atoms with Gasteiger partial charge in [-0.05, 0) is 42.3 Å². The average molecular weight is 446 g/mol. The van der Waals surface area contributed by atoms with E-state index in [-0.39, 0.29) is 0 Å². The predicted molar refractivity (Wildman–Crippen MR) is 124 cm³/mol. The molecule has 1 saturated heterocycles.